The standard InChI is InChI=1S/C16H28N4O/c1-12(2)16(3,11-17)18-15(21)10-20-8-6-13-5-7-19(4)9-14(13)20/h12-14H,5-10H2,1-4H3,(H,18,21)/t13-,14-,16+/m1/s1. The first-order valence-electron chi connectivity index (χ1n) is 8.00. The van der Waals surface area contributed by atoms with Crippen LogP contribution in [0.5, 0.6) is 0 Å². The second-order valence-corrected chi connectivity index (χ2v) is 7.15. The van der Waals surface area contributed by atoms with Crippen LogP contribution in [0.25, 0.3) is 0 Å². The molecule has 1 N–H and O–H groups in total. The van der Waals surface area contributed by atoms with E-state index in [0.29, 0.717) is 12.6 Å². The van der Waals surface area contributed by atoms with Gasteiger partial charge in [-0.25, -0.2) is 0 Å². The lowest BCUT2D eigenvalue weighted by atomic mass is 9.90. The Morgan fingerprint density at radius 2 is 2.10 bits per heavy atom. The minimum absolute atomic E-state index is 0.0263. The fourth-order valence-electron chi connectivity index (χ4n) is 3.40. The molecule has 21 heavy (non-hydrogen) atoms. The molecule has 0 aromatic heterocycles. The van der Waals surface area contributed by atoms with Crippen molar-refractivity contribution in [3.8, 4) is 6.07 Å². The van der Waals surface area contributed by atoms with Crippen LogP contribution in [0.15, 0.2) is 0 Å². The molecule has 0 aromatic rings. The van der Waals surface area contributed by atoms with E-state index in [0.717, 1.165) is 19.0 Å². The highest BCUT2D eigenvalue weighted by atomic mass is 16.2. The number of nitrogens with zero attached hydrogens (tertiary/aromatic N) is 3. The largest absolute Gasteiger partial charge is 0.337 e. The number of amides is 1. The molecule has 0 spiro atoms. The third-order valence-corrected chi connectivity index (χ3v) is 5.31. The number of likely N-dealkylation sites (tertiary alicyclic amines) is 2. The zero-order valence-electron chi connectivity index (χ0n) is 13.7. The van der Waals surface area contributed by atoms with Crippen LogP contribution in [0.2, 0.25) is 0 Å². The molecule has 118 valence electrons. The molecule has 2 aliphatic heterocycles. The lowest BCUT2D eigenvalue weighted by Crippen LogP contribution is -2.54. The summed E-state index contributed by atoms with van der Waals surface area (Å²) in [5, 5.41) is 12.2. The number of hydrogen-bond acceptors (Lipinski definition) is 4. The van der Waals surface area contributed by atoms with Crippen LogP contribution in [0.1, 0.15) is 33.6 Å². The van der Waals surface area contributed by atoms with Gasteiger partial charge in [-0.1, -0.05) is 13.8 Å². The van der Waals surface area contributed by atoms with Crippen molar-refractivity contribution in [2.24, 2.45) is 11.8 Å². The van der Waals surface area contributed by atoms with Crippen molar-refractivity contribution in [2.45, 2.75) is 45.2 Å². The Balaban J connectivity index is 1.93. The number of fused-ring (bicyclic) bond motifs is 1. The second-order valence-electron chi connectivity index (χ2n) is 7.15. The molecule has 2 rings (SSSR count). The first kappa shape index (κ1) is 16.3. The number of hydrogen-bond donors (Lipinski definition) is 1. The summed E-state index contributed by atoms with van der Waals surface area (Å²) in [5.74, 6) is 0.807. The molecule has 0 radical (unpaired) electrons. The Kier molecular flexibility index (Phi) is 4.90. The van der Waals surface area contributed by atoms with E-state index >= 15 is 0 Å². The van der Waals surface area contributed by atoms with E-state index in [4.69, 9.17) is 0 Å². The van der Waals surface area contributed by atoms with Crippen LogP contribution in [-0.4, -0.2) is 60.5 Å². The third kappa shape index (κ3) is 3.56. The molecule has 2 aliphatic rings. The molecule has 5 heteroatoms. The molecule has 0 saturated carbocycles. The average Bonchev–Trinajstić information content (AvgIpc) is 2.80. The molecule has 2 saturated heterocycles. The second kappa shape index (κ2) is 6.33. The van der Waals surface area contributed by atoms with Gasteiger partial charge in [-0.2, -0.15) is 5.26 Å². The van der Waals surface area contributed by atoms with Gasteiger partial charge < -0.3 is 10.2 Å². The maximum atomic E-state index is 12.3. The van der Waals surface area contributed by atoms with Crippen LogP contribution >= 0.6 is 0 Å². The molecule has 5 nitrogen and oxygen atoms in total. The Hall–Kier alpha value is -1.12. The van der Waals surface area contributed by atoms with Crippen LogP contribution in [0, 0.1) is 23.2 Å². The van der Waals surface area contributed by atoms with Gasteiger partial charge in [0.1, 0.15) is 5.54 Å². The van der Waals surface area contributed by atoms with Crippen LogP contribution in [0.3, 0.4) is 0 Å². The maximum absolute atomic E-state index is 12.3. The zero-order valence-corrected chi connectivity index (χ0v) is 13.7. The highest BCUT2D eigenvalue weighted by Gasteiger charge is 2.39. The molecule has 0 aromatic carbocycles. The van der Waals surface area contributed by atoms with Gasteiger partial charge in [0.25, 0.3) is 0 Å². The monoisotopic (exact) mass is 292 g/mol. The van der Waals surface area contributed by atoms with E-state index in [1.165, 1.54) is 19.4 Å². The molecule has 2 fully saturated rings. The quantitative estimate of drug-likeness (QED) is 0.842. The summed E-state index contributed by atoms with van der Waals surface area (Å²) in [5.41, 5.74) is -0.778. The molecule has 0 aliphatic carbocycles. The number of carbonyl (C=O) groups is 1. The van der Waals surface area contributed by atoms with Crippen molar-refractivity contribution >= 4 is 5.91 Å². The topological polar surface area (TPSA) is 59.4 Å². The van der Waals surface area contributed by atoms with Crippen molar-refractivity contribution in [2.75, 3.05) is 33.2 Å². The Bertz CT molecular complexity index is 430. The van der Waals surface area contributed by atoms with Crippen molar-refractivity contribution in [3.05, 3.63) is 0 Å². The molecule has 0 bridgehead atoms. The first-order valence-corrected chi connectivity index (χ1v) is 8.00. The lowest BCUT2D eigenvalue weighted by Gasteiger charge is -2.37. The summed E-state index contributed by atoms with van der Waals surface area (Å²) in [4.78, 5) is 17.0. The van der Waals surface area contributed by atoms with Gasteiger partial charge in [-0.15, -0.1) is 0 Å². The Morgan fingerprint density at radius 3 is 2.71 bits per heavy atom. The summed E-state index contributed by atoms with van der Waals surface area (Å²) in [6, 6.07) is 2.74. The van der Waals surface area contributed by atoms with Gasteiger partial charge in [-0.3, -0.25) is 9.69 Å². The van der Waals surface area contributed by atoms with Gasteiger partial charge in [0.15, 0.2) is 0 Å². The van der Waals surface area contributed by atoms with Crippen molar-refractivity contribution < 1.29 is 4.79 Å². The van der Waals surface area contributed by atoms with E-state index in [9.17, 15) is 10.1 Å². The Labute approximate surface area is 128 Å². The fourth-order valence-corrected chi connectivity index (χ4v) is 3.40. The van der Waals surface area contributed by atoms with E-state index < -0.39 is 5.54 Å². The molecule has 0 unspecified atom stereocenters. The number of likely N-dealkylation sites (N-methyl/N-ethyl adjacent to an activating group) is 1. The summed E-state index contributed by atoms with van der Waals surface area (Å²) in [6.45, 7) is 9.37. The SMILES string of the molecule is CC(C)[C@](C)(C#N)NC(=O)CN1CC[C@H]2CCN(C)C[C@H]21. The smallest absolute Gasteiger partial charge is 0.235 e. The van der Waals surface area contributed by atoms with Gasteiger partial charge in [-0.05, 0) is 51.7 Å². The minimum Gasteiger partial charge on any atom is -0.337 e. The molecular formula is C16H28N4O. The maximum Gasteiger partial charge on any atom is 0.235 e. The first-order chi connectivity index (χ1) is 9.85. The van der Waals surface area contributed by atoms with E-state index in [2.05, 4.69) is 28.2 Å². The lowest BCUT2D eigenvalue weighted by molar-refractivity contribution is -0.124. The summed E-state index contributed by atoms with van der Waals surface area (Å²) in [6.07, 6.45) is 2.44. The van der Waals surface area contributed by atoms with Crippen molar-refractivity contribution in [1.29, 1.82) is 5.26 Å². The number of nitriles is 1. The third-order valence-electron chi connectivity index (χ3n) is 5.31. The Morgan fingerprint density at radius 1 is 1.43 bits per heavy atom. The van der Waals surface area contributed by atoms with E-state index in [1.807, 2.05) is 13.8 Å². The molecule has 1 amide bonds. The molecule has 2 heterocycles. The van der Waals surface area contributed by atoms with Crippen LogP contribution in [0.4, 0.5) is 0 Å². The van der Waals surface area contributed by atoms with E-state index in [-0.39, 0.29) is 11.8 Å². The number of nitrogens with one attached hydrogen (secondary N) is 1. The number of carbonyl (C=O) groups excluding carboxylic acids is 1. The molecular weight excluding hydrogens is 264 g/mol. The zero-order chi connectivity index (χ0) is 15.6. The predicted molar refractivity (Wildman–Crippen MR) is 82.6 cm³/mol. The summed E-state index contributed by atoms with van der Waals surface area (Å²) in [7, 11) is 2.15. The van der Waals surface area contributed by atoms with Gasteiger partial charge in [0, 0.05) is 12.6 Å². The van der Waals surface area contributed by atoms with Gasteiger partial charge in [0.2, 0.25) is 5.91 Å². The predicted octanol–water partition coefficient (Wildman–Crippen LogP) is 1.07. The normalized spacial score (nSPS) is 29.7. The molecule has 3 atom stereocenters. The van der Waals surface area contributed by atoms with E-state index in [1.54, 1.807) is 6.92 Å². The van der Waals surface area contributed by atoms with Crippen LogP contribution < -0.4 is 5.32 Å². The fraction of sp³-hybridized carbons (Fsp3) is 0.875. The van der Waals surface area contributed by atoms with Gasteiger partial charge >= 0.3 is 0 Å². The number of rotatable bonds is 4. The van der Waals surface area contributed by atoms with Crippen molar-refractivity contribution in [3.63, 3.8) is 0 Å². The highest BCUT2D eigenvalue weighted by molar-refractivity contribution is 5.79. The summed E-state index contributed by atoms with van der Waals surface area (Å²) >= 11 is 0. The number of piperidine rings is 1. The minimum atomic E-state index is -0.778. The van der Waals surface area contributed by atoms with Crippen LogP contribution in [-0.2, 0) is 4.79 Å². The highest BCUT2D eigenvalue weighted by Crippen LogP contribution is 2.30. The van der Waals surface area contributed by atoms with Crippen molar-refractivity contribution in [1.82, 2.24) is 15.1 Å². The van der Waals surface area contributed by atoms with Gasteiger partial charge in [0.05, 0.1) is 12.6 Å². The average molecular weight is 292 g/mol. The summed E-state index contributed by atoms with van der Waals surface area (Å²) < 4.78 is 0.